The van der Waals surface area contributed by atoms with Crippen LogP contribution in [-0.4, -0.2) is 27.1 Å². The fourth-order valence-electron chi connectivity index (χ4n) is 2.65. The summed E-state index contributed by atoms with van der Waals surface area (Å²) in [5.41, 5.74) is 4.95. The van der Waals surface area contributed by atoms with Crippen molar-refractivity contribution in [1.29, 1.82) is 0 Å². The van der Waals surface area contributed by atoms with Gasteiger partial charge in [0.2, 0.25) is 0 Å². The number of aromatic nitrogens is 3. The van der Waals surface area contributed by atoms with E-state index < -0.39 is 23.3 Å². The Bertz CT molecular complexity index is 1120. The smallest absolute Gasteiger partial charge is 0.417 e. The highest BCUT2D eigenvalue weighted by molar-refractivity contribution is 7.20. The molecule has 28 heavy (non-hydrogen) atoms. The topological polar surface area (TPSA) is 100 Å². The van der Waals surface area contributed by atoms with E-state index in [0.717, 1.165) is 22.0 Å². The molecule has 0 aliphatic carbocycles. The van der Waals surface area contributed by atoms with Gasteiger partial charge >= 0.3 is 12.1 Å². The Labute approximate surface area is 160 Å². The molecule has 0 unspecified atom stereocenters. The van der Waals surface area contributed by atoms with E-state index in [9.17, 15) is 22.8 Å². The maximum absolute atomic E-state index is 12.9. The molecule has 11 heteroatoms. The van der Waals surface area contributed by atoms with Crippen molar-refractivity contribution < 1.29 is 22.7 Å². The van der Waals surface area contributed by atoms with Crippen LogP contribution in [0.15, 0.2) is 23.1 Å². The number of hydrogen-bond donors (Lipinski definition) is 1. The first kappa shape index (κ1) is 19.8. The zero-order valence-electron chi connectivity index (χ0n) is 14.8. The second-order valence-electron chi connectivity index (χ2n) is 5.86. The number of nitrogens with zero attached hydrogens (tertiary/aromatic N) is 3. The molecule has 0 radical (unpaired) electrons. The molecule has 0 atom stereocenters. The number of ether oxygens (including phenoxy) is 1. The summed E-state index contributed by atoms with van der Waals surface area (Å²) in [6.45, 7) is 3.27. The summed E-state index contributed by atoms with van der Waals surface area (Å²) in [7, 11) is 0. The van der Waals surface area contributed by atoms with Crippen LogP contribution in [0.2, 0.25) is 0 Å². The minimum atomic E-state index is -4.58. The number of anilines is 1. The second-order valence-corrected chi connectivity index (χ2v) is 6.86. The first-order valence-electron chi connectivity index (χ1n) is 8.12. The van der Waals surface area contributed by atoms with Crippen LogP contribution in [0.4, 0.5) is 19.0 Å². The average Bonchev–Trinajstić information content (AvgIpc) is 2.93. The van der Waals surface area contributed by atoms with Crippen LogP contribution in [0, 0.1) is 6.92 Å². The molecular formula is C17H15F3N4O3S. The minimum Gasteiger partial charge on any atom is -0.462 e. The monoisotopic (exact) mass is 412 g/mol. The maximum Gasteiger partial charge on any atom is 0.417 e. The van der Waals surface area contributed by atoms with E-state index in [2.05, 4.69) is 9.97 Å². The molecule has 0 aromatic carbocycles. The van der Waals surface area contributed by atoms with Gasteiger partial charge in [-0.3, -0.25) is 4.79 Å². The Morgan fingerprint density at radius 3 is 2.68 bits per heavy atom. The molecule has 0 saturated heterocycles. The molecule has 3 aromatic rings. The van der Waals surface area contributed by atoms with Crippen LogP contribution >= 0.6 is 11.3 Å². The Balaban J connectivity index is 2.04. The van der Waals surface area contributed by atoms with Crippen molar-refractivity contribution in [2.24, 2.45) is 0 Å². The zero-order valence-corrected chi connectivity index (χ0v) is 15.6. The van der Waals surface area contributed by atoms with E-state index >= 15 is 0 Å². The van der Waals surface area contributed by atoms with Crippen molar-refractivity contribution >= 4 is 33.3 Å². The molecular weight excluding hydrogens is 397 g/mol. The van der Waals surface area contributed by atoms with Crippen LogP contribution in [-0.2, 0) is 17.5 Å². The van der Waals surface area contributed by atoms with Gasteiger partial charge in [-0.05, 0) is 25.5 Å². The lowest BCUT2D eigenvalue weighted by Crippen LogP contribution is -2.23. The Kier molecular flexibility index (Phi) is 5.11. The molecule has 3 heterocycles. The van der Waals surface area contributed by atoms with E-state index in [1.807, 2.05) is 0 Å². The van der Waals surface area contributed by atoms with Gasteiger partial charge in [-0.2, -0.15) is 13.2 Å². The second kappa shape index (κ2) is 7.23. The van der Waals surface area contributed by atoms with Gasteiger partial charge < -0.3 is 15.0 Å². The lowest BCUT2D eigenvalue weighted by molar-refractivity contribution is -0.138. The summed E-state index contributed by atoms with van der Waals surface area (Å²) in [4.78, 5) is 33.0. The molecule has 3 aromatic heterocycles. The van der Waals surface area contributed by atoms with Gasteiger partial charge in [0.1, 0.15) is 15.5 Å². The number of nitrogens with two attached hydrogens (primary N) is 1. The highest BCUT2D eigenvalue weighted by Crippen LogP contribution is 2.33. The summed E-state index contributed by atoms with van der Waals surface area (Å²) >= 11 is 1.05. The molecule has 0 bridgehead atoms. The lowest BCUT2D eigenvalue weighted by atomic mass is 10.2. The van der Waals surface area contributed by atoms with E-state index in [4.69, 9.17) is 10.5 Å². The summed E-state index contributed by atoms with van der Waals surface area (Å²) in [6, 6.07) is 1.55. The summed E-state index contributed by atoms with van der Waals surface area (Å²) in [5.74, 6) is -0.384. The number of fused-ring (bicyclic) bond motifs is 1. The zero-order chi connectivity index (χ0) is 20.6. The standard InChI is InChI=1S/C17H15F3N4O3S/c1-3-27-16(26)13-8(2)12-14(21)22-10(23-15(12)28-13)7-24-6-9(17(18,19)20)4-5-11(24)25/h4-6H,3,7H2,1-2H3,(H2,21,22,23). The fourth-order valence-corrected chi connectivity index (χ4v) is 3.75. The Morgan fingerprint density at radius 2 is 2.04 bits per heavy atom. The molecule has 0 aliphatic heterocycles. The predicted molar refractivity (Wildman–Crippen MR) is 97.3 cm³/mol. The Hall–Kier alpha value is -2.95. The van der Waals surface area contributed by atoms with Crippen molar-refractivity contribution in [3.63, 3.8) is 0 Å². The molecule has 7 nitrogen and oxygen atoms in total. The van der Waals surface area contributed by atoms with Crippen molar-refractivity contribution in [3.05, 3.63) is 50.5 Å². The number of esters is 1. The number of hydrogen-bond acceptors (Lipinski definition) is 7. The van der Waals surface area contributed by atoms with Gasteiger partial charge in [0.25, 0.3) is 5.56 Å². The Morgan fingerprint density at radius 1 is 1.32 bits per heavy atom. The van der Waals surface area contributed by atoms with Gasteiger partial charge in [0.05, 0.1) is 24.1 Å². The number of aryl methyl sites for hydroxylation is 1. The average molecular weight is 412 g/mol. The SMILES string of the molecule is CCOC(=O)c1sc2nc(Cn3cc(C(F)(F)F)ccc3=O)nc(N)c2c1C. The van der Waals surface area contributed by atoms with Gasteiger partial charge in [-0.1, -0.05) is 0 Å². The van der Waals surface area contributed by atoms with E-state index in [1.165, 1.54) is 0 Å². The number of rotatable bonds is 4. The highest BCUT2D eigenvalue weighted by atomic mass is 32.1. The van der Waals surface area contributed by atoms with E-state index in [-0.39, 0.29) is 24.8 Å². The van der Waals surface area contributed by atoms with Gasteiger partial charge in [-0.15, -0.1) is 11.3 Å². The number of halogens is 3. The number of carbonyl (C=O) groups is 1. The normalized spacial score (nSPS) is 11.8. The molecule has 0 amide bonds. The van der Waals surface area contributed by atoms with Gasteiger partial charge in [0.15, 0.2) is 5.82 Å². The third kappa shape index (κ3) is 3.70. The molecule has 0 saturated carbocycles. The predicted octanol–water partition coefficient (Wildman–Crippen LogP) is 2.99. The van der Waals surface area contributed by atoms with Gasteiger partial charge in [-0.25, -0.2) is 14.8 Å². The maximum atomic E-state index is 12.9. The van der Waals surface area contributed by atoms with Crippen LogP contribution < -0.4 is 11.3 Å². The number of alkyl halides is 3. The molecule has 3 rings (SSSR count). The first-order chi connectivity index (χ1) is 13.1. The molecule has 0 fully saturated rings. The molecule has 2 N–H and O–H groups in total. The largest absolute Gasteiger partial charge is 0.462 e. The fraction of sp³-hybridized carbons (Fsp3) is 0.294. The third-order valence-electron chi connectivity index (χ3n) is 3.95. The van der Waals surface area contributed by atoms with Crippen LogP contribution in [0.1, 0.15) is 33.5 Å². The van der Waals surface area contributed by atoms with Gasteiger partial charge in [0, 0.05) is 12.3 Å². The number of nitrogen functional groups attached to an aromatic ring is 1. The van der Waals surface area contributed by atoms with Crippen molar-refractivity contribution in [3.8, 4) is 0 Å². The quantitative estimate of drug-likeness (QED) is 0.662. The van der Waals surface area contributed by atoms with E-state index in [1.54, 1.807) is 13.8 Å². The number of pyridine rings is 1. The molecule has 0 aliphatic rings. The van der Waals surface area contributed by atoms with Crippen molar-refractivity contribution in [2.75, 3.05) is 12.3 Å². The minimum absolute atomic E-state index is 0.0584. The third-order valence-corrected chi connectivity index (χ3v) is 5.11. The van der Waals surface area contributed by atoms with Crippen LogP contribution in [0.25, 0.3) is 10.2 Å². The summed E-state index contributed by atoms with van der Waals surface area (Å²) in [5, 5.41) is 0.480. The van der Waals surface area contributed by atoms with Crippen LogP contribution in [0.5, 0.6) is 0 Å². The van der Waals surface area contributed by atoms with Crippen LogP contribution in [0.3, 0.4) is 0 Å². The van der Waals surface area contributed by atoms with E-state index in [0.29, 0.717) is 32.9 Å². The first-order valence-corrected chi connectivity index (χ1v) is 8.93. The van der Waals surface area contributed by atoms with Crippen molar-refractivity contribution in [1.82, 2.24) is 14.5 Å². The lowest BCUT2D eigenvalue weighted by Gasteiger charge is -2.10. The molecule has 0 spiro atoms. The summed E-state index contributed by atoms with van der Waals surface area (Å²) in [6.07, 6.45) is -3.88. The summed E-state index contributed by atoms with van der Waals surface area (Å²) < 4.78 is 44.5. The van der Waals surface area contributed by atoms with Crippen molar-refractivity contribution in [2.45, 2.75) is 26.6 Å². The molecule has 148 valence electrons. The highest BCUT2D eigenvalue weighted by Gasteiger charge is 2.31. The number of thiophene rings is 1. The number of carbonyl (C=O) groups excluding carboxylic acids is 1.